The molecular weight excluding hydrogens is 268 g/mol. The molecule has 1 unspecified atom stereocenters. The maximum absolute atomic E-state index is 4.89. The van der Waals surface area contributed by atoms with E-state index in [9.17, 15) is 0 Å². The Kier molecular flexibility index (Phi) is 4.27. The van der Waals surface area contributed by atoms with Gasteiger partial charge in [0.25, 0.3) is 0 Å². The van der Waals surface area contributed by atoms with Crippen LogP contribution in [0.3, 0.4) is 0 Å². The van der Waals surface area contributed by atoms with Gasteiger partial charge in [-0.05, 0) is 39.2 Å². The summed E-state index contributed by atoms with van der Waals surface area (Å²) in [6, 6.07) is 0.610. The van der Waals surface area contributed by atoms with Crippen molar-refractivity contribution in [3.05, 3.63) is 17.3 Å². The van der Waals surface area contributed by atoms with Gasteiger partial charge in [-0.2, -0.15) is 0 Å². The second-order valence-electron chi connectivity index (χ2n) is 5.65. The summed E-state index contributed by atoms with van der Waals surface area (Å²) in [6.07, 6.45) is 7.24. The van der Waals surface area contributed by atoms with Crippen molar-refractivity contribution in [1.29, 1.82) is 0 Å². The van der Waals surface area contributed by atoms with Crippen molar-refractivity contribution < 1.29 is 0 Å². The lowest BCUT2D eigenvalue weighted by atomic mass is 10.0. The van der Waals surface area contributed by atoms with Crippen LogP contribution in [0.4, 0.5) is 5.82 Å². The van der Waals surface area contributed by atoms with E-state index in [-0.39, 0.29) is 0 Å². The van der Waals surface area contributed by atoms with Gasteiger partial charge in [0.15, 0.2) is 10.8 Å². The van der Waals surface area contributed by atoms with Gasteiger partial charge in [-0.3, -0.25) is 4.40 Å². The van der Waals surface area contributed by atoms with Crippen molar-refractivity contribution in [3.8, 4) is 0 Å². The minimum absolute atomic E-state index is 0.610. The number of nitrogens with one attached hydrogen (secondary N) is 1. The quantitative estimate of drug-likeness (QED) is 0.859. The Hall–Kier alpha value is -1.07. The monoisotopic (exact) mass is 292 g/mol. The van der Waals surface area contributed by atoms with E-state index in [0.29, 0.717) is 6.04 Å². The highest BCUT2D eigenvalue weighted by Gasteiger charge is 2.24. The molecule has 1 aliphatic heterocycles. The van der Waals surface area contributed by atoms with Crippen LogP contribution >= 0.6 is 11.3 Å². The highest BCUT2D eigenvalue weighted by molar-refractivity contribution is 7.15. The molecule has 2 aromatic heterocycles. The first-order valence-corrected chi connectivity index (χ1v) is 8.61. The molecule has 1 saturated heterocycles. The molecule has 2 aromatic rings. The van der Waals surface area contributed by atoms with E-state index in [4.69, 9.17) is 4.98 Å². The molecule has 0 saturated carbocycles. The standard InChI is InChI=1S/C15H24N4S/c1-3-7-16-11-13-14(17-15-19(13)9-10-20-15)18-8-5-4-6-12(18)2/h9-10,12,16H,3-8,11H2,1-2H3. The van der Waals surface area contributed by atoms with Gasteiger partial charge >= 0.3 is 0 Å². The molecular formula is C15H24N4S. The van der Waals surface area contributed by atoms with Crippen molar-refractivity contribution in [2.45, 2.75) is 52.1 Å². The van der Waals surface area contributed by atoms with Crippen LogP contribution in [0, 0.1) is 0 Å². The van der Waals surface area contributed by atoms with Gasteiger partial charge in [0.2, 0.25) is 0 Å². The van der Waals surface area contributed by atoms with Crippen LogP contribution in [-0.2, 0) is 6.54 Å². The molecule has 1 aliphatic rings. The highest BCUT2D eigenvalue weighted by atomic mass is 32.1. The van der Waals surface area contributed by atoms with E-state index in [1.54, 1.807) is 11.3 Å². The zero-order chi connectivity index (χ0) is 13.9. The van der Waals surface area contributed by atoms with E-state index in [0.717, 1.165) is 24.6 Å². The molecule has 0 amide bonds. The van der Waals surface area contributed by atoms with Crippen molar-refractivity contribution in [3.63, 3.8) is 0 Å². The average molecular weight is 292 g/mol. The molecule has 1 fully saturated rings. The summed E-state index contributed by atoms with van der Waals surface area (Å²) in [7, 11) is 0. The number of piperidine rings is 1. The maximum Gasteiger partial charge on any atom is 0.195 e. The maximum atomic E-state index is 4.89. The summed E-state index contributed by atoms with van der Waals surface area (Å²) >= 11 is 1.72. The van der Waals surface area contributed by atoms with Gasteiger partial charge in [-0.15, -0.1) is 11.3 Å². The first-order valence-electron chi connectivity index (χ1n) is 7.73. The Morgan fingerprint density at radius 3 is 3.15 bits per heavy atom. The summed E-state index contributed by atoms with van der Waals surface area (Å²) in [5.74, 6) is 1.20. The summed E-state index contributed by atoms with van der Waals surface area (Å²) < 4.78 is 2.25. The molecule has 0 aromatic carbocycles. The number of hydrogen-bond donors (Lipinski definition) is 1. The lowest BCUT2D eigenvalue weighted by Crippen LogP contribution is -2.38. The molecule has 0 bridgehead atoms. The van der Waals surface area contributed by atoms with Gasteiger partial charge in [0.05, 0.1) is 5.69 Å². The Labute approximate surface area is 124 Å². The number of aromatic nitrogens is 2. The molecule has 5 heteroatoms. The third kappa shape index (κ3) is 2.56. The third-order valence-corrected chi connectivity index (χ3v) is 4.89. The minimum Gasteiger partial charge on any atom is -0.352 e. The third-order valence-electron chi connectivity index (χ3n) is 4.13. The largest absolute Gasteiger partial charge is 0.352 e. The van der Waals surface area contributed by atoms with E-state index in [1.165, 1.54) is 37.2 Å². The molecule has 4 nitrogen and oxygen atoms in total. The molecule has 20 heavy (non-hydrogen) atoms. The van der Waals surface area contributed by atoms with E-state index >= 15 is 0 Å². The number of anilines is 1. The Bertz CT molecular complexity index is 559. The number of fused-ring (bicyclic) bond motifs is 1. The second-order valence-corrected chi connectivity index (χ2v) is 6.53. The smallest absolute Gasteiger partial charge is 0.195 e. The van der Waals surface area contributed by atoms with Gasteiger partial charge in [-0.25, -0.2) is 4.98 Å². The van der Waals surface area contributed by atoms with E-state index < -0.39 is 0 Å². The first-order chi connectivity index (χ1) is 9.81. The molecule has 110 valence electrons. The number of hydrogen-bond acceptors (Lipinski definition) is 4. The zero-order valence-corrected chi connectivity index (χ0v) is 13.2. The summed E-state index contributed by atoms with van der Waals surface area (Å²) in [5, 5.41) is 5.65. The predicted molar refractivity (Wildman–Crippen MR) is 85.7 cm³/mol. The average Bonchev–Trinajstić information content (AvgIpc) is 3.02. The van der Waals surface area contributed by atoms with E-state index in [2.05, 4.69) is 40.0 Å². The number of imidazole rings is 1. The first kappa shape index (κ1) is 13.9. The fourth-order valence-electron chi connectivity index (χ4n) is 3.01. The van der Waals surface area contributed by atoms with Crippen LogP contribution in [0.5, 0.6) is 0 Å². The number of nitrogens with zero attached hydrogens (tertiary/aromatic N) is 3. The lowest BCUT2D eigenvalue weighted by molar-refractivity contribution is 0.479. The topological polar surface area (TPSA) is 32.6 Å². The van der Waals surface area contributed by atoms with Gasteiger partial charge < -0.3 is 10.2 Å². The molecule has 3 heterocycles. The van der Waals surface area contributed by atoms with Crippen LogP contribution in [-0.4, -0.2) is 28.5 Å². The van der Waals surface area contributed by atoms with Crippen molar-refractivity contribution >= 4 is 22.1 Å². The molecule has 0 aliphatic carbocycles. The summed E-state index contributed by atoms with van der Waals surface area (Å²) in [4.78, 5) is 8.52. The molecule has 0 radical (unpaired) electrons. The van der Waals surface area contributed by atoms with Crippen molar-refractivity contribution in [1.82, 2.24) is 14.7 Å². The molecule has 3 rings (SSSR count). The highest BCUT2D eigenvalue weighted by Crippen LogP contribution is 2.29. The summed E-state index contributed by atoms with van der Waals surface area (Å²) in [6.45, 7) is 7.65. The number of thiazole rings is 1. The predicted octanol–water partition coefficient (Wildman–Crippen LogP) is 3.27. The SMILES string of the molecule is CCCNCc1c(N2CCCCC2C)nc2sccn12. The van der Waals surface area contributed by atoms with Crippen molar-refractivity contribution in [2.24, 2.45) is 0 Å². The fraction of sp³-hybridized carbons (Fsp3) is 0.667. The van der Waals surface area contributed by atoms with Gasteiger partial charge in [0.1, 0.15) is 0 Å². The van der Waals surface area contributed by atoms with Crippen LogP contribution in [0.1, 0.15) is 45.2 Å². The Balaban J connectivity index is 1.91. The zero-order valence-electron chi connectivity index (χ0n) is 12.4. The van der Waals surface area contributed by atoms with Crippen LogP contribution in [0.15, 0.2) is 11.6 Å². The number of rotatable bonds is 5. The van der Waals surface area contributed by atoms with Gasteiger partial charge in [-0.1, -0.05) is 6.92 Å². The Morgan fingerprint density at radius 2 is 2.35 bits per heavy atom. The van der Waals surface area contributed by atoms with Crippen LogP contribution < -0.4 is 10.2 Å². The fourth-order valence-corrected chi connectivity index (χ4v) is 3.74. The lowest BCUT2D eigenvalue weighted by Gasteiger charge is -2.34. The van der Waals surface area contributed by atoms with Gasteiger partial charge in [0, 0.05) is 30.7 Å². The minimum atomic E-state index is 0.610. The Morgan fingerprint density at radius 1 is 1.45 bits per heavy atom. The van der Waals surface area contributed by atoms with Crippen LogP contribution in [0.25, 0.3) is 4.96 Å². The second kappa shape index (κ2) is 6.14. The normalized spacial score (nSPS) is 19.9. The van der Waals surface area contributed by atoms with Crippen molar-refractivity contribution in [2.75, 3.05) is 18.0 Å². The summed E-state index contributed by atoms with van der Waals surface area (Å²) in [5.41, 5.74) is 1.32. The molecule has 1 N–H and O–H groups in total. The molecule has 1 atom stereocenters. The van der Waals surface area contributed by atoms with E-state index in [1.807, 2.05) is 0 Å². The van der Waals surface area contributed by atoms with Crippen LogP contribution in [0.2, 0.25) is 0 Å². The molecule has 0 spiro atoms.